The van der Waals surface area contributed by atoms with E-state index in [1.807, 2.05) is 0 Å². The van der Waals surface area contributed by atoms with Gasteiger partial charge in [-0.05, 0) is 6.42 Å². The lowest BCUT2D eigenvalue weighted by atomic mass is 10.1. The summed E-state index contributed by atoms with van der Waals surface area (Å²) >= 11 is 0. The largest absolute Gasteiger partial charge is 0.474 e. The van der Waals surface area contributed by atoms with Crippen LogP contribution in [0.5, 0.6) is 0 Å². The molecule has 0 bridgehead atoms. The SMILES string of the molecule is CCCCCCCCCCCC(=O)C[N+](C)(C)C(O)(C(=O)O)S(=O)(=O)O. The quantitative estimate of drug-likeness (QED) is 0.167. The molecule has 0 aliphatic rings. The second-order valence-corrected chi connectivity index (χ2v) is 8.87. The van der Waals surface area contributed by atoms with Crippen LogP contribution < -0.4 is 0 Å². The van der Waals surface area contributed by atoms with E-state index in [4.69, 9.17) is 9.66 Å². The summed E-state index contributed by atoms with van der Waals surface area (Å²) in [5, 5.41) is 15.6. The summed E-state index contributed by atoms with van der Waals surface area (Å²) in [6.45, 7) is 1.66. The van der Waals surface area contributed by atoms with Gasteiger partial charge < -0.3 is 10.2 Å². The van der Waals surface area contributed by atoms with Gasteiger partial charge in [-0.2, -0.15) is 8.42 Å². The van der Waals surface area contributed by atoms with Gasteiger partial charge >= 0.3 is 21.1 Å². The Morgan fingerprint density at radius 3 is 1.73 bits per heavy atom. The summed E-state index contributed by atoms with van der Waals surface area (Å²) in [5.74, 6) is -2.48. The van der Waals surface area contributed by atoms with Crippen molar-refractivity contribution in [3.05, 3.63) is 0 Å². The number of aliphatic carboxylic acids is 1. The predicted molar refractivity (Wildman–Crippen MR) is 98.0 cm³/mol. The number of quaternary nitrogens is 1. The van der Waals surface area contributed by atoms with Gasteiger partial charge in [-0.1, -0.05) is 58.3 Å². The lowest BCUT2D eigenvalue weighted by Crippen LogP contribution is -2.69. The molecule has 9 heteroatoms. The fraction of sp³-hybridized carbons (Fsp3) is 0.882. The zero-order valence-corrected chi connectivity index (χ0v) is 16.9. The molecule has 1 unspecified atom stereocenters. The Kier molecular flexibility index (Phi) is 10.5. The molecule has 0 rings (SSSR count). The van der Waals surface area contributed by atoms with Gasteiger partial charge in [0.15, 0.2) is 5.78 Å². The molecule has 0 saturated heterocycles. The normalized spacial score (nSPS) is 14.8. The van der Waals surface area contributed by atoms with Crippen LogP contribution in [-0.2, 0) is 19.7 Å². The average molecular weight is 397 g/mol. The number of Topliss-reactive ketones (excluding diaryl/α,β-unsaturated/α-hetero) is 1. The number of aliphatic hydroxyl groups is 1. The van der Waals surface area contributed by atoms with Crippen LogP contribution in [0.25, 0.3) is 0 Å². The summed E-state index contributed by atoms with van der Waals surface area (Å²) in [7, 11) is -3.17. The summed E-state index contributed by atoms with van der Waals surface area (Å²) < 4.78 is 30.7. The third-order valence-electron chi connectivity index (χ3n) is 4.59. The Hall–Kier alpha value is -1.03. The maximum Gasteiger partial charge on any atom is 0.428 e. The van der Waals surface area contributed by atoms with Crippen LogP contribution in [0.3, 0.4) is 0 Å². The molecule has 1 atom stereocenters. The van der Waals surface area contributed by atoms with Crippen molar-refractivity contribution in [1.82, 2.24) is 0 Å². The van der Waals surface area contributed by atoms with Crippen LogP contribution in [0.2, 0.25) is 0 Å². The molecule has 0 aromatic carbocycles. The standard InChI is InChI=1S/C17H33NO7S/c1-4-5-6-7-8-9-10-11-12-13-15(19)14-18(2,3)17(22,16(20)21)26(23,24)25/h22H,4-14H2,1-3H3,(H-,20,21,23,24,25)/p+1. The lowest BCUT2D eigenvalue weighted by molar-refractivity contribution is -0.932. The van der Waals surface area contributed by atoms with E-state index < -0.39 is 32.2 Å². The highest BCUT2D eigenvalue weighted by Gasteiger charge is 2.63. The first kappa shape index (κ1) is 25.0. The molecular formula is C17H34NO7S+. The minimum Gasteiger partial charge on any atom is -0.474 e. The Balaban J connectivity index is 4.35. The van der Waals surface area contributed by atoms with Crippen LogP contribution >= 0.6 is 0 Å². The number of ketones is 1. The van der Waals surface area contributed by atoms with E-state index in [1.165, 1.54) is 32.1 Å². The maximum atomic E-state index is 12.1. The van der Waals surface area contributed by atoms with Gasteiger partial charge in [-0.25, -0.2) is 4.79 Å². The molecule has 0 amide bonds. The molecular weight excluding hydrogens is 362 g/mol. The molecule has 154 valence electrons. The Morgan fingerprint density at radius 2 is 1.35 bits per heavy atom. The molecule has 0 aliphatic carbocycles. The zero-order chi connectivity index (χ0) is 20.4. The van der Waals surface area contributed by atoms with Gasteiger partial charge in [0.05, 0.1) is 14.1 Å². The highest BCUT2D eigenvalue weighted by molar-refractivity contribution is 7.87. The van der Waals surface area contributed by atoms with Crippen LogP contribution in [0, 0.1) is 0 Å². The van der Waals surface area contributed by atoms with Gasteiger partial charge in [-0.15, -0.1) is 0 Å². The van der Waals surface area contributed by atoms with Crippen molar-refractivity contribution in [2.24, 2.45) is 0 Å². The predicted octanol–water partition coefficient (Wildman–Crippen LogP) is 2.17. The van der Waals surface area contributed by atoms with Gasteiger partial charge in [-0.3, -0.25) is 13.8 Å². The van der Waals surface area contributed by atoms with Gasteiger partial charge in [0, 0.05) is 6.42 Å². The van der Waals surface area contributed by atoms with Crippen molar-refractivity contribution < 1.29 is 37.3 Å². The van der Waals surface area contributed by atoms with E-state index in [-0.39, 0.29) is 12.2 Å². The first-order valence-corrected chi connectivity index (χ1v) is 10.6. The van der Waals surface area contributed by atoms with E-state index >= 15 is 0 Å². The minimum absolute atomic E-state index is 0.179. The van der Waals surface area contributed by atoms with Crippen LogP contribution in [0.15, 0.2) is 0 Å². The molecule has 26 heavy (non-hydrogen) atoms. The molecule has 3 N–H and O–H groups in total. The van der Waals surface area contributed by atoms with E-state index in [0.29, 0.717) is 6.42 Å². The van der Waals surface area contributed by atoms with Crippen LogP contribution in [0.4, 0.5) is 0 Å². The number of carbonyl (C=O) groups is 2. The number of carboxylic acid groups (broad SMARTS) is 1. The number of unbranched alkanes of at least 4 members (excludes halogenated alkanes) is 8. The summed E-state index contributed by atoms with van der Waals surface area (Å²) in [6, 6.07) is 0. The average Bonchev–Trinajstić information content (AvgIpc) is 2.50. The van der Waals surface area contributed by atoms with Crippen LogP contribution in [-0.4, -0.2) is 65.1 Å². The monoisotopic (exact) mass is 396 g/mol. The van der Waals surface area contributed by atoms with Crippen LogP contribution in [0.1, 0.15) is 71.1 Å². The molecule has 0 radical (unpaired) electrons. The topological polar surface area (TPSA) is 129 Å². The first-order chi connectivity index (χ1) is 11.9. The smallest absolute Gasteiger partial charge is 0.428 e. The molecule has 0 aromatic rings. The van der Waals surface area contributed by atoms with Gasteiger partial charge in [0.25, 0.3) is 0 Å². The Labute approximate surface area is 156 Å². The summed E-state index contributed by atoms with van der Waals surface area (Å²) in [6.07, 6.45) is 9.93. The fourth-order valence-electron chi connectivity index (χ4n) is 2.94. The molecule has 0 spiro atoms. The molecule has 8 nitrogen and oxygen atoms in total. The zero-order valence-electron chi connectivity index (χ0n) is 16.1. The number of nitrogens with zero attached hydrogens (tertiary/aromatic N) is 1. The third kappa shape index (κ3) is 7.30. The highest BCUT2D eigenvalue weighted by Crippen LogP contribution is 2.25. The van der Waals surface area contributed by atoms with E-state index in [2.05, 4.69) is 6.92 Å². The van der Waals surface area contributed by atoms with Crippen molar-refractivity contribution in [3.63, 3.8) is 0 Å². The van der Waals surface area contributed by atoms with Gasteiger partial charge in [0.2, 0.25) is 0 Å². The van der Waals surface area contributed by atoms with E-state index in [1.54, 1.807) is 0 Å². The second kappa shape index (κ2) is 11.0. The number of carbonyl (C=O) groups excluding carboxylic acids is 1. The second-order valence-electron chi connectivity index (χ2n) is 7.35. The van der Waals surface area contributed by atoms with Crippen molar-refractivity contribution >= 4 is 21.9 Å². The Bertz CT molecular complexity index is 559. The number of rotatable bonds is 15. The highest BCUT2D eigenvalue weighted by atomic mass is 32.2. The molecule has 0 heterocycles. The maximum absolute atomic E-state index is 12.1. The Morgan fingerprint density at radius 1 is 0.923 bits per heavy atom. The lowest BCUT2D eigenvalue weighted by Gasteiger charge is -2.38. The first-order valence-electron chi connectivity index (χ1n) is 9.17. The summed E-state index contributed by atoms with van der Waals surface area (Å²) in [5.41, 5.74) is 0. The van der Waals surface area contributed by atoms with E-state index in [0.717, 1.165) is 33.4 Å². The number of hydrogen-bond acceptors (Lipinski definition) is 5. The molecule has 0 fully saturated rings. The van der Waals surface area contributed by atoms with Crippen molar-refractivity contribution in [2.75, 3.05) is 20.6 Å². The number of hydrogen-bond donors (Lipinski definition) is 3. The number of carboxylic acids is 1. The third-order valence-corrected chi connectivity index (χ3v) is 5.98. The van der Waals surface area contributed by atoms with Crippen molar-refractivity contribution in [2.45, 2.75) is 76.2 Å². The molecule has 0 saturated carbocycles. The van der Waals surface area contributed by atoms with Crippen molar-refractivity contribution in [1.29, 1.82) is 0 Å². The number of likely N-dealkylation sites (N-methyl/N-ethyl adjacent to an activating group) is 1. The molecule has 0 aliphatic heterocycles. The molecule has 0 aromatic heterocycles. The fourth-order valence-corrected chi connectivity index (χ4v) is 3.85. The van der Waals surface area contributed by atoms with Crippen molar-refractivity contribution in [3.8, 4) is 0 Å². The summed E-state index contributed by atoms with van der Waals surface area (Å²) in [4.78, 5) is 23.3. The van der Waals surface area contributed by atoms with E-state index in [9.17, 15) is 23.1 Å². The van der Waals surface area contributed by atoms with Gasteiger partial charge in [0.1, 0.15) is 6.54 Å². The minimum atomic E-state index is -5.33.